The zero-order valence-corrected chi connectivity index (χ0v) is 11.5. The first-order chi connectivity index (χ1) is 5.91. The molecule has 0 atom stereocenters. The molecule has 0 aromatic carbocycles. The van der Waals surface area contributed by atoms with Crippen molar-refractivity contribution >= 4 is 30.1 Å². The van der Waals surface area contributed by atoms with Crippen LogP contribution in [0.2, 0.25) is 0 Å². The van der Waals surface area contributed by atoms with E-state index in [2.05, 4.69) is 35.8 Å². The third-order valence-corrected chi connectivity index (χ3v) is 1.45. The van der Waals surface area contributed by atoms with Crippen LogP contribution < -0.4 is 0 Å². The molecule has 81 valence electrons. The molecule has 0 unspecified atom stereocenters. The Kier molecular flexibility index (Phi) is 8.30. The van der Waals surface area contributed by atoms with Crippen LogP contribution in [0.15, 0.2) is 0 Å². The van der Waals surface area contributed by atoms with Crippen molar-refractivity contribution in [1.29, 1.82) is 0 Å². The number of rotatable bonds is 0. The fourth-order valence-corrected chi connectivity index (χ4v) is 1.37. The first-order valence-corrected chi connectivity index (χ1v) is 8.96. The predicted octanol–water partition coefficient (Wildman–Crippen LogP) is 1.73. The molecule has 0 N–H and O–H groups in total. The van der Waals surface area contributed by atoms with E-state index in [0.29, 0.717) is 0 Å². The van der Waals surface area contributed by atoms with Crippen LogP contribution in [0.5, 0.6) is 0 Å². The Bertz CT molecular complexity index is 111. The van der Waals surface area contributed by atoms with Gasteiger partial charge in [0.05, 0.1) is 20.0 Å². The van der Waals surface area contributed by atoms with E-state index < -0.39 is 11.4 Å². The maximum absolute atomic E-state index is 4.93. The zero-order chi connectivity index (χ0) is 10.4. The van der Waals surface area contributed by atoms with Crippen molar-refractivity contribution in [2.75, 3.05) is 41.1 Å². The quantitative estimate of drug-likeness (QED) is 0.672. The standard InChI is InChI=1S/C6H15N3.3ClH.Cr/c1-7-4-8(2)6-9(3)5-7;;;;/h4-6H2,1-3H3;3*1H;/q;;;;+3/p-3. The minimum absolute atomic E-state index is 1.09. The molecule has 13 heavy (non-hydrogen) atoms. The Labute approximate surface area is 97.1 Å². The summed E-state index contributed by atoms with van der Waals surface area (Å²) in [5.74, 6) is 0. The molecule has 1 heterocycles. The molecule has 0 aliphatic carbocycles. The van der Waals surface area contributed by atoms with Crippen molar-refractivity contribution in [3.63, 3.8) is 0 Å². The molecule has 0 amide bonds. The van der Waals surface area contributed by atoms with Crippen LogP contribution in [-0.4, -0.2) is 55.8 Å². The van der Waals surface area contributed by atoms with Gasteiger partial charge in [-0.05, 0) is 21.1 Å². The van der Waals surface area contributed by atoms with Gasteiger partial charge in [-0.3, -0.25) is 14.7 Å². The fraction of sp³-hybridized carbons (Fsp3) is 1.00. The van der Waals surface area contributed by atoms with Crippen molar-refractivity contribution in [3.05, 3.63) is 0 Å². The summed E-state index contributed by atoms with van der Waals surface area (Å²) in [6, 6.07) is 0. The summed E-state index contributed by atoms with van der Waals surface area (Å²) >= 11 is -1.62. The van der Waals surface area contributed by atoms with Gasteiger partial charge in [-0.1, -0.05) is 0 Å². The molecule has 3 nitrogen and oxygen atoms in total. The number of hydrogen-bond donors (Lipinski definition) is 0. The van der Waals surface area contributed by atoms with E-state index in [1.54, 1.807) is 0 Å². The SMILES string of the molecule is CN1CN(C)CN(C)C1.[Cl][Cr]([Cl])[Cl]. The van der Waals surface area contributed by atoms with Crippen molar-refractivity contribution < 1.29 is 11.4 Å². The second-order valence-corrected chi connectivity index (χ2v) is 9.48. The Balaban J connectivity index is 0.000000310. The second-order valence-electron chi connectivity index (χ2n) is 3.17. The predicted molar refractivity (Wildman–Crippen MR) is 55.4 cm³/mol. The molecule has 1 aliphatic heterocycles. The van der Waals surface area contributed by atoms with E-state index >= 15 is 0 Å². The van der Waals surface area contributed by atoms with Gasteiger partial charge in [0, 0.05) is 0 Å². The molecular formula is C6H15Cl3CrN3. The molecular weight excluding hydrogens is 272 g/mol. The van der Waals surface area contributed by atoms with Gasteiger partial charge in [0.2, 0.25) is 0 Å². The average Bonchev–Trinajstić information content (AvgIpc) is 1.80. The summed E-state index contributed by atoms with van der Waals surface area (Å²) in [6.45, 7) is 3.26. The number of hydrogen-bond acceptors (Lipinski definition) is 3. The van der Waals surface area contributed by atoms with Crippen LogP contribution in [-0.2, 0) is 11.4 Å². The normalized spacial score (nSPS) is 21.5. The first kappa shape index (κ1) is 14.3. The van der Waals surface area contributed by atoms with Crippen LogP contribution in [0.3, 0.4) is 0 Å². The average molecular weight is 288 g/mol. The van der Waals surface area contributed by atoms with Crippen LogP contribution in [0.4, 0.5) is 0 Å². The molecule has 0 spiro atoms. The Morgan fingerprint density at radius 2 is 0.923 bits per heavy atom. The Morgan fingerprint density at radius 3 is 1.08 bits per heavy atom. The summed E-state index contributed by atoms with van der Waals surface area (Å²) in [6.07, 6.45) is 0. The van der Waals surface area contributed by atoms with Gasteiger partial charge < -0.3 is 0 Å². The summed E-state index contributed by atoms with van der Waals surface area (Å²) in [5, 5.41) is 0. The number of halogens is 3. The third-order valence-electron chi connectivity index (χ3n) is 1.45. The van der Waals surface area contributed by atoms with E-state index in [-0.39, 0.29) is 0 Å². The molecule has 0 radical (unpaired) electrons. The van der Waals surface area contributed by atoms with Crippen LogP contribution >= 0.6 is 30.1 Å². The van der Waals surface area contributed by atoms with Crippen LogP contribution in [0.25, 0.3) is 0 Å². The molecule has 0 saturated carbocycles. The van der Waals surface area contributed by atoms with Gasteiger partial charge >= 0.3 is 41.5 Å². The second kappa shape index (κ2) is 7.56. The van der Waals surface area contributed by atoms with Crippen LogP contribution in [0.1, 0.15) is 0 Å². The molecule has 0 aromatic heterocycles. The van der Waals surface area contributed by atoms with E-state index in [1.807, 2.05) is 0 Å². The van der Waals surface area contributed by atoms with Crippen molar-refractivity contribution in [2.45, 2.75) is 0 Å². The summed E-state index contributed by atoms with van der Waals surface area (Å²) in [4.78, 5) is 6.84. The van der Waals surface area contributed by atoms with Crippen molar-refractivity contribution in [2.24, 2.45) is 0 Å². The topological polar surface area (TPSA) is 9.72 Å². The van der Waals surface area contributed by atoms with Gasteiger partial charge in [0.1, 0.15) is 0 Å². The molecule has 1 saturated heterocycles. The minimum atomic E-state index is -1.62. The zero-order valence-electron chi connectivity index (χ0n) is 8.01. The molecule has 0 bridgehead atoms. The fourth-order valence-electron chi connectivity index (χ4n) is 1.37. The van der Waals surface area contributed by atoms with E-state index in [4.69, 9.17) is 30.1 Å². The summed E-state index contributed by atoms with van der Waals surface area (Å²) in [5.41, 5.74) is 0. The summed E-state index contributed by atoms with van der Waals surface area (Å²) in [7, 11) is 21.2. The molecule has 0 aromatic rings. The molecule has 7 heteroatoms. The Hall–Kier alpha value is 1.28. The molecule has 1 fully saturated rings. The third kappa shape index (κ3) is 9.58. The first-order valence-electron chi connectivity index (χ1n) is 3.70. The van der Waals surface area contributed by atoms with E-state index in [1.165, 1.54) is 0 Å². The van der Waals surface area contributed by atoms with Gasteiger partial charge in [0.25, 0.3) is 0 Å². The monoisotopic (exact) mass is 286 g/mol. The molecule has 1 aliphatic rings. The van der Waals surface area contributed by atoms with Gasteiger partial charge in [-0.2, -0.15) is 0 Å². The van der Waals surface area contributed by atoms with Gasteiger partial charge in [0.15, 0.2) is 0 Å². The van der Waals surface area contributed by atoms with Gasteiger partial charge in [-0.15, -0.1) is 0 Å². The Morgan fingerprint density at radius 1 is 0.769 bits per heavy atom. The van der Waals surface area contributed by atoms with E-state index in [9.17, 15) is 0 Å². The van der Waals surface area contributed by atoms with E-state index in [0.717, 1.165) is 20.0 Å². The van der Waals surface area contributed by atoms with Crippen LogP contribution in [0, 0.1) is 0 Å². The number of nitrogens with zero attached hydrogens (tertiary/aromatic N) is 3. The van der Waals surface area contributed by atoms with Crippen molar-refractivity contribution in [3.8, 4) is 0 Å². The summed E-state index contributed by atoms with van der Waals surface area (Å²) < 4.78 is 0. The van der Waals surface area contributed by atoms with Crippen molar-refractivity contribution in [1.82, 2.24) is 14.7 Å². The maximum atomic E-state index is 4.93. The molecule has 1 rings (SSSR count). The van der Waals surface area contributed by atoms with Gasteiger partial charge in [-0.25, -0.2) is 0 Å².